The van der Waals surface area contributed by atoms with Gasteiger partial charge in [-0.15, -0.1) is 0 Å². The van der Waals surface area contributed by atoms with Crippen molar-refractivity contribution in [1.29, 1.82) is 0 Å². The van der Waals surface area contributed by atoms with E-state index in [1.54, 1.807) is 22.0 Å². The molecule has 8 heteroatoms. The summed E-state index contributed by atoms with van der Waals surface area (Å²) in [6.07, 6.45) is 3.39. The molecule has 0 aliphatic carbocycles. The number of hydrogen-bond donors (Lipinski definition) is 0. The van der Waals surface area contributed by atoms with E-state index in [1.807, 2.05) is 158 Å². The lowest BCUT2D eigenvalue weighted by atomic mass is 9.48. The monoisotopic (exact) mass is 618 g/mol. The Bertz CT molecular complexity index is 1930. The number of hydrogen-bond acceptors (Lipinski definition) is 4. The first kappa shape index (κ1) is 29.2. The second-order valence-electron chi connectivity index (χ2n) is 11.7. The zero-order valence-electron chi connectivity index (χ0n) is 25.9. The number of aromatic nitrogens is 2. The summed E-state index contributed by atoms with van der Waals surface area (Å²) in [5, 5.41) is 0. The van der Waals surface area contributed by atoms with Gasteiger partial charge in [0.25, 0.3) is 0 Å². The number of pyridine rings is 2. The van der Waals surface area contributed by atoms with Gasteiger partial charge in [-0.25, -0.2) is 0 Å². The number of benzene rings is 4. The van der Waals surface area contributed by atoms with Crippen LogP contribution in [0.1, 0.15) is 11.4 Å². The number of carbonyl (C=O) groups is 2. The lowest BCUT2D eigenvalue weighted by molar-refractivity contribution is -0.121. The van der Waals surface area contributed by atoms with Crippen LogP contribution in [0.25, 0.3) is 11.4 Å². The van der Waals surface area contributed by atoms with Crippen molar-refractivity contribution in [3.8, 4) is 0 Å². The molecule has 2 aliphatic heterocycles. The van der Waals surface area contributed by atoms with Gasteiger partial charge in [-0.1, -0.05) is 155 Å². The number of amides is 2. The number of carbonyl (C=O) groups excluding carboxylic acids is 2. The molecule has 0 spiro atoms. The van der Waals surface area contributed by atoms with Crippen molar-refractivity contribution >= 4 is 58.8 Å². The lowest BCUT2D eigenvalue weighted by Crippen LogP contribution is -2.58. The third-order valence-corrected chi connectivity index (χ3v) is 8.86. The first-order valence-electron chi connectivity index (χ1n) is 15.9. The maximum atomic E-state index is 15.3. The molecule has 4 heterocycles. The van der Waals surface area contributed by atoms with E-state index < -0.39 is 13.7 Å². The van der Waals surface area contributed by atoms with E-state index in [0.717, 1.165) is 21.9 Å². The van der Waals surface area contributed by atoms with Crippen molar-refractivity contribution in [1.82, 2.24) is 19.6 Å². The smallest absolute Gasteiger partial charge is 0.331 e. The zero-order chi connectivity index (χ0) is 32.5. The zero-order valence-corrected chi connectivity index (χ0v) is 25.9. The van der Waals surface area contributed by atoms with Gasteiger partial charge in [0, 0.05) is 12.4 Å². The van der Waals surface area contributed by atoms with Crippen molar-refractivity contribution in [2.24, 2.45) is 0 Å². The molecule has 2 aromatic heterocycles. The lowest BCUT2D eigenvalue weighted by Gasteiger charge is -2.32. The van der Waals surface area contributed by atoms with Crippen molar-refractivity contribution in [3.05, 3.63) is 193 Å². The van der Waals surface area contributed by atoms with E-state index in [-0.39, 0.29) is 11.8 Å². The molecule has 6 nitrogen and oxygen atoms in total. The molecule has 4 aromatic carbocycles. The van der Waals surface area contributed by atoms with Crippen LogP contribution in [-0.2, 0) is 9.59 Å². The quantitative estimate of drug-likeness (QED) is 0.243. The van der Waals surface area contributed by atoms with Crippen LogP contribution in [0.2, 0.25) is 0 Å². The molecule has 0 bridgehead atoms. The van der Waals surface area contributed by atoms with Crippen molar-refractivity contribution < 1.29 is 9.59 Å². The minimum absolute atomic E-state index is 0.278. The van der Waals surface area contributed by atoms with E-state index in [0.29, 0.717) is 33.9 Å². The van der Waals surface area contributed by atoms with Crippen molar-refractivity contribution in [2.75, 3.05) is 0 Å². The second kappa shape index (κ2) is 12.5. The summed E-state index contributed by atoms with van der Waals surface area (Å²) in [6.45, 7) is -1.04. The SMILES string of the molecule is O=C1C2=C(c3ccccn3)N(B(c3ccccc3)c3ccccc3)C(=O)C2=C(c2ccccn2)N1B(c1ccccc1)c1ccccc1. The predicted octanol–water partition coefficient (Wildman–Crippen LogP) is 3.90. The number of nitrogens with zero attached hydrogens (tertiary/aromatic N) is 4. The van der Waals surface area contributed by atoms with E-state index in [1.165, 1.54) is 0 Å². The standard InChI is InChI=1S/C40H28B2N4O2/c47-39-36-35(37(33-25-13-15-27-43-33)45(39)41(29-17-5-1-6-18-29)30-19-7-2-8-20-30)40(48)46(38(36)34-26-14-16-28-44-34)42(31-21-9-3-10-22-31)32-23-11-4-12-24-32/h1-28H. The van der Waals surface area contributed by atoms with Gasteiger partial charge in [-0.2, -0.15) is 0 Å². The van der Waals surface area contributed by atoms with Gasteiger partial charge in [0.1, 0.15) is 0 Å². The fourth-order valence-electron chi connectivity index (χ4n) is 6.86. The maximum absolute atomic E-state index is 15.3. The van der Waals surface area contributed by atoms with Crippen LogP contribution < -0.4 is 21.9 Å². The van der Waals surface area contributed by atoms with Crippen molar-refractivity contribution in [3.63, 3.8) is 0 Å². The molecule has 2 aliphatic rings. The molecule has 0 unspecified atom stereocenters. The third kappa shape index (κ3) is 4.95. The molecule has 2 amide bonds. The Hall–Kier alpha value is -6.27. The molecule has 0 saturated heterocycles. The minimum Gasteiger partial charge on any atom is -0.341 e. The molecular weight excluding hydrogens is 590 g/mol. The van der Waals surface area contributed by atoms with Crippen molar-refractivity contribution in [2.45, 2.75) is 0 Å². The van der Waals surface area contributed by atoms with Crippen LogP contribution in [0.3, 0.4) is 0 Å². The summed E-state index contributed by atoms with van der Waals surface area (Å²) in [7, 11) is 0. The summed E-state index contributed by atoms with van der Waals surface area (Å²) in [5.74, 6) is -0.556. The normalized spacial score (nSPS) is 14.1. The summed E-state index contributed by atoms with van der Waals surface area (Å²) < 4.78 is 0. The van der Waals surface area contributed by atoms with Gasteiger partial charge in [-0.3, -0.25) is 19.6 Å². The highest BCUT2D eigenvalue weighted by Crippen LogP contribution is 2.46. The summed E-state index contributed by atoms with van der Waals surface area (Å²) >= 11 is 0. The molecule has 0 radical (unpaired) electrons. The Morgan fingerprint density at radius 2 is 0.667 bits per heavy atom. The Morgan fingerprint density at radius 3 is 0.938 bits per heavy atom. The molecular formula is C40H28B2N4O2. The van der Waals surface area contributed by atoms with Crippen LogP contribution in [-0.4, -0.2) is 45.1 Å². The largest absolute Gasteiger partial charge is 0.341 e. The summed E-state index contributed by atoms with van der Waals surface area (Å²) in [4.78, 5) is 43.6. The van der Waals surface area contributed by atoms with E-state index in [4.69, 9.17) is 9.97 Å². The molecule has 0 fully saturated rings. The van der Waals surface area contributed by atoms with Gasteiger partial charge in [0.2, 0.25) is 11.8 Å². The molecule has 8 rings (SSSR count). The average Bonchev–Trinajstić information content (AvgIpc) is 3.62. The van der Waals surface area contributed by atoms with Crippen LogP contribution in [0.5, 0.6) is 0 Å². The average molecular weight is 618 g/mol. The Morgan fingerprint density at radius 1 is 0.375 bits per heavy atom. The Kier molecular flexibility index (Phi) is 7.59. The first-order valence-corrected chi connectivity index (χ1v) is 15.9. The van der Waals surface area contributed by atoms with Gasteiger partial charge < -0.3 is 9.62 Å². The summed E-state index contributed by atoms with van der Waals surface area (Å²) in [6, 6.07) is 50.9. The fraction of sp³-hybridized carbons (Fsp3) is 0. The molecule has 226 valence electrons. The van der Waals surface area contributed by atoms with E-state index in [2.05, 4.69) is 0 Å². The van der Waals surface area contributed by atoms with Crippen LogP contribution in [0.4, 0.5) is 0 Å². The van der Waals surface area contributed by atoms with Crippen LogP contribution >= 0.6 is 0 Å². The summed E-state index contributed by atoms with van der Waals surface area (Å²) in [5.41, 5.74) is 6.37. The molecule has 0 atom stereocenters. The van der Waals surface area contributed by atoms with Gasteiger partial charge in [0.05, 0.1) is 33.9 Å². The molecule has 6 aromatic rings. The fourth-order valence-corrected chi connectivity index (χ4v) is 6.86. The first-order chi connectivity index (χ1) is 23.7. The highest BCUT2D eigenvalue weighted by atomic mass is 16.2. The number of rotatable bonds is 8. The van der Waals surface area contributed by atoms with Gasteiger partial charge in [0.15, 0.2) is 0 Å². The predicted molar refractivity (Wildman–Crippen MR) is 192 cm³/mol. The minimum atomic E-state index is -0.521. The molecule has 48 heavy (non-hydrogen) atoms. The maximum Gasteiger partial charge on any atom is 0.331 e. The highest BCUT2D eigenvalue weighted by Gasteiger charge is 2.54. The van der Waals surface area contributed by atoms with E-state index >= 15 is 9.59 Å². The molecule has 0 saturated carbocycles. The van der Waals surface area contributed by atoms with Crippen LogP contribution in [0, 0.1) is 0 Å². The Balaban J connectivity index is 1.44. The van der Waals surface area contributed by atoms with Gasteiger partial charge in [-0.05, 0) is 24.3 Å². The Labute approximate surface area is 279 Å². The number of fused-ring (bicyclic) bond motifs is 1. The molecule has 0 N–H and O–H groups in total. The third-order valence-electron chi connectivity index (χ3n) is 8.86. The van der Waals surface area contributed by atoms with Gasteiger partial charge >= 0.3 is 13.7 Å². The van der Waals surface area contributed by atoms with Crippen LogP contribution in [0.15, 0.2) is 181 Å². The topological polar surface area (TPSA) is 66.4 Å². The second-order valence-corrected chi connectivity index (χ2v) is 11.7. The van der Waals surface area contributed by atoms with E-state index in [9.17, 15) is 0 Å². The highest BCUT2D eigenvalue weighted by molar-refractivity contribution is 6.88.